The zero-order valence-electron chi connectivity index (χ0n) is 18.2. The predicted octanol–water partition coefficient (Wildman–Crippen LogP) is 5.91. The van der Waals surface area contributed by atoms with E-state index in [0.29, 0.717) is 0 Å². The Kier molecular flexibility index (Phi) is 7.76. The van der Waals surface area contributed by atoms with Gasteiger partial charge in [0.05, 0.1) is 13.2 Å². The average Bonchev–Trinajstić information content (AvgIpc) is 2.83. The van der Waals surface area contributed by atoms with E-state index in [0.717, 1.165) is 37.6 Å². The summed E-state index contributed by atoms with van der Waals surface area (Å²) in [6.45, 7) is 6.14. The van der Waals surface area contributed by atoms with Crippen LogP contribution in [0.2, 0.25) is 0 Å². The number of rotatable bonds is 9. The van der Waals surface area contributed by atoms with Crippen LogP contribution in [0.25, 0.3) is 0 Å². The molecule has 2 aliphatic heterocycles. The van der Waals surface area contributed by atoms with Crippen molar-refractivity contribution in [2.45, 2.75) is 51.4 Å². The van der Waals surface area contributed by atoms with E-state index in [1.165, 1.54) is 76.1 Å². The zero-order valence-corrected chi connectivity index (χ0v) is 18.2. The van der Waals surface area contributed by atoms with E-state index in [2.05, 4.69) is 58.3 Å². The molecule has 2 fully saturated rings. The molecule has 2 aliphatic rings. The van der Waals surface area contributed by atoms with Crippen LogP contribution in [0.1, 0.15) is 51.4 Å². The summed E-state index contributed by atoms with van der Waals surface area (Å²) in [7, 11) is 0. The summed E-state index contributed by atoms with van der Waals surface area (Å²) >= 11 is 0. The number of piperidine rings is 2. The van der Waals surface area contributed by atoms with E-state index >= 15 is 0 Å². The van der Waals surface area contributed by atoms with Crippen LogP contribution in [-0.2, 0) is 0 Å². The Morgan fingerprint density at radius 3 is 1.43 bits per heavy atom. The van der Waals surface area contributed by atoms with Gasteiger partial charge in [-0.05, 0) is 75.6 Å². The third-order valence-corrected chi connectivity index (χ3v) is 6.15. The van der Waals surface area contributed by atoms with Gasteiger partial charge in [0.15, 0.2) is 0 Å². The number of ether oxygens (including phenoxy) is 2. The molecule has 2 aromatic rings. The largest absolute Gasteiger partial charge is 0.494 e. The number of hydrogen-bond donors (Lipinski definition) is 0. The molecule has 162 valence electrons. The van der Waals surface area contributed by atoms with Gasteiger partial charge in [0.2, 0.25) is 0 Å². The average molecular weight is 409 g/mol. The molecule has 0 N–H and O–H groups in total. The van der Waals surface area contributed by atoms with Gasteiger partial charge in [-0.2, -0.15) is 0 Å². The van der Waals surface area contributed by atoms with E-state index in [1.807, 2.05) is 0 Å². The van der Waals surface area contributed by atoms with Gasteiger partial charge < -0.3 is 19.3 Å². The Morgan fingerprint density at radius 1 is 0.567 bits per heavy atom. The van der Waals surface area contributed by atoms with E-state index in [9.17, 15) is 0 Å². The lowest BCUT2D eigenvalue weighted by atomic mass is 10.1. The summed E-state index contributed by atoms with van der Waals surface area (Å²) in [5, 5.41) is 0. The van der Waals surface area contributed by atoms with Gasteiger partial charge in [0.25, 0.3) is 0 Å². The maximum Gasteiger partial charge on any atom is 0.121 e. The number of benzene rings is 2. The van der Waals surface area contributed by atoms with Crippen LogP contribution in [0.3, 0.4) is 0 Å². The van der Waals surface area contributed by atoms with Crippen molar-refractivity contribution in [3.05, 3.63) is 48.5 Å². The van der Waals surface area contributed by atoms with Crippen LogP contribution in [0, 0.1) is 0 Å². The summed E-state index contributed by atoms with van der Waals surface area (Å²) in [6, 6.07) is 17.1. The summed E-state index contributed by atoms with van der Waals surface area (Å²) in [6.07, 6.45) is 9.91. The second kappa shape index (κ2) is 11.1. The highest BCUT2D eigenvalue weighted by atomic mass is 16.5. The monoisotopic (exact) mass is 408 g/mol. The number of nitrogens with zero attached hydrogens (tertiary/aromatic N) is 2. The first-order chi connectivity index (χ1) is 14.9. The third-order valence-electron chi connectivity index (χ3n) is 6.15. The Morgan fingerprint density at radius 2 is 1.00 bits per heavy atom. The molecule has 0 aliphatic carbocycles. The van der Waals surface area contributed by atoms with Gasteiger partial charge in [-0.1, -0.05) is 12.1 Å². The molecule has 4 heteroatoms. The molecule has 2 aromatic carbocycles. The van der Waals surface area contributed by atoms with Crippen molar-refractivity contribution in [3.63, 3.8) is 0 Å². The van der Waals surface area contributed by atoms with Crippen LogP contribution < -0.4 is 19.3 Å². The Balaban J connectivity index is 1.16. The van der Waals surface area contributed by atoms with Crippen LogP contribution in [0.5, 0.6) is 11.5 Å². The first kappa shape index (κ1) is 20.9. The minimum Gasteiger partial charge on any atom is -0.494 e. The molecule has 4 rings (SSSR count). The molecule has 2 saturated heterocycles. The lowest BCUT2D eigenvalue weighted by Crippen LogP contribution is -2.29. The highest BCUT2D eigenvalue weighted by molar-refractivity contribution is 5.51. The van der Waals surface area contributed by atoms with Gasteiger partial charge in [0, 0.05) is 49.7 Å². The highest BCUT2D eigenvalue weighted by Gasteiger charge is 2.12. The molecule has 0 unspecified atom stereocenters. The Bertz CT molecular complexity index is 702. The summed E-state index contributed by atoms with van der Waals surface area (Å²) in [4.78, 5) is 4.95. The smallest absolute Gasteiger partial charge is 0.121 e. The van der Waals surface area contributed by atoms with Gasteiger partial charge in [-0.15, -0.1) is 0 Å². The van der Waals surface area contributed by atoms with Crippen molar-refractivity contribution in [2.24, 2.45) is 0 Å². The first-order valence-corrected chi connectivity index (χ1v) is 11.8. The standard InChI is InChI=1S/C26H36N2O2/c1-3-15-27(16-4-1)23-11-9-13-25(21-23)29-19-7-8-20-30-26-14-10-12-24(22-26)28-17-5-2-6-18-28/h9-14,21-22H,1-8,15-20H2. The molecule has 4 nitrogen and oxygen atoms in total. The Labute approximate surface area is 181 Å². The third kappa shape index (κ3) is 6.07. The lowest BCUT2D eigenvalue weighted by Gasteiger charge is -2.29. The minimum atomic E-state index is 0.737. The maximum absolute atomic E-state index is 6.00. The normalized spacial score (nSPS) is 17.1. The van der Waals surface area contributed by atoms with Crippen LogP contribution >= 0.6 is 0 Å². The summed E-state index contributed by atoms with van der Waals surface area (Å²) in [5.41, 5.74) is 2.59. The molecular weight excluding hydrogens is 372 g/mol. The quantitative estimate of drug-likeness (QED) is 0.482. The molecule has 0 aromatic heterocycles. The molecule has 0 amide bonds. The van der Waals surface area contributed by atoms with Crippen molar-refractivity contribution in [3.8, 4) is 11.5 Å². The minimum absolute atomic E-state index is 0.737. The number of unbranched alkanes of at least 4 members (excludes halogenated alkanes) is 1. The second-order valence-corrected chi connectivity index (χ2v) is 8.49. The lowest BCUT2D eigenvalue weighted by molar-refractivity contribution is 0.266. The molecule has 0 atom stereocenters. The van der Waals surface area contributed by atoms with Crippen LogP contribution in [0.15, 0.2) is 48.5 Å². The van der Waals surface area contributed by atoms with Crippen molar-refractivity contribution in [2.75, 3.05) is 49.2 Å². The van der Waals surface area contributed by atoms with Crippen molar-refractivity contribution in [1.29, 1.82) is 0 Å². The van der Waals surface area contributed by atoms with E-state index in [4.69, 9.17) is 9.47 Å². The second-order valence-electron chi connectivity index (χ2n) is 8.49. The van der Waals surface area contributed by atoms with Crippen molar-refractivity contribution >= 4 is 11.4 Å². The SMILES string of the molecule is c1cc(OCCCCOc2cccc(N3CCCCC3)c2)cc(N2CCCCC2)c1. The van der Waals surface area contributed by atoms with Crippen molar-refractivity contribution in [1.82, 2.24) is 0 Å². The van der Waals surface area contributed by atoms with E-state index in [1.54, 1.807) is 0 Å². The molecule has 0 saturated carbocycles. The van der Waals surface area contributed by atoms with Gasteiger partial charge in [-0.3, -0.25) is 0 Å². The number of hydrogen-bond acceptors (Lipinski definition) is 4. The molecule has 0 bridgehead atoms. The van der Waals surface area contributed by atoms with Gasteiger partial charge >= 0.3 is 0 Å². The summed E-state index contributed by atoms with van der Waals surface area (Å²) in [5.74, 6) is 1.96. The topological polar surface area (TPSA) is 24.9 Å². The van der Waals surface area contributed by atoms with Gasteiger partial charge in [-0.25, -0.2) is 0 Å². The van der Waals surface area contributed by atoms with E-state index in [-0.39, 0.29) is 0 Å². The fourth-order valence-corrected chi connectivity index (χ4v) is 4.43. The number of anilines is 2. The molecule has 30 heavy (non-hydrogen) atoms. The van der Waals surface area contributed by atoms with Gasteiger partial charge in [0.1, 0.15) is 11.5 Å². The predicted molar refractivity (Wildman–Crippen MR) is 125 cm³/mol. The maximum atomic E-state index is 6.00. The molecule has 0 spiro atoms. The fourth-order valence-electron chi connectivity index (χ4n) is 4.43. The van der Waals surface area contributed by atoms with E-state index < -0.39 is 0 Å². The summed E-state index contributed by atoms with van der Waals surface area (Å²) < 4.78 is 12.0. The zero-order chi connectivity index (χ0) is 20.4. The first-order valence-electron chi connectivity index (χ1n) is 11.8. The molecule has 2 heterocycles. The highest BCUT2D eigenvalue weighted by Crippen LogP contribution is 2.25. The van der Waals surface area contributed by atoms with Crippen LogP contribution in [0.4, 0.5) is 11.4 Å². The Hall–Kier alpha value is -2.36. The van der Waals surface area contributed by atoms with Crippen molar-refractivity contribution < 1.29 is 9.47 Å². The molecule has 0 radical (unpaired) electrons. The fraction of sp³-hybridized carbons (Fsp3) is 0.538. The van der Waals surface area contributed by atoms with Crippen LogP contribution in [-0.4, -0.2) is 39.4 Å². The molecular formula is C26H36N2O2.